The van der Waals surface area contributed by atoms with E-state index in [1.807, 2.05) is 29.5 Å². The van der Waals surface area contributed by atoms with Gasteiger partial charge in [-0.2, -0.15) is 0 Å². The van der Waals surface area contributed by atoms with Crippen LogP contribution in [-0.4, -0.2) is 48.3 Å². The van der Waals surface area contributed by atoms with Gasteiger partial charge in [-0.05, 0) is 56.7 Å². The molecule has 1 aromatic carbocycles. The maximum absolute atomic E-state index is 12.7. The summed E-state index contributed by atoms with van der Waals surface area (Å²) in [5, 5.41) is -0.327. The number of piperidine rings is 1. The number of carbonyl (C=O) groups excluding carboxylic acids is 1. The smallest absolute Gasteiger partial charge is 0.227 e. The molecule has 0 saturated carbocycles. The Labute approximate surface area is 159 Å². The second-order valence-corrected chi connectivity index (χ2v) is 10.9. The maximum Gasteiger partial charge on any atom is 0.227 e. The second-order valence-electron chi connectivity index (χ2n) is 7.43. The number of sulfone groups is 1. The lowest BCUT2D eigenvalue weighted by Crippen LogP contribution is -2.41. The Balaban J connectivity index is 1.59. The fourth-order valence-corrected chi connectivity index (χ4v) is 5.64. The van der Waals surface area contributed by atoms with Gasteiger partial charge in [-0.15, -0.1) is 11.3 Å². The molecule has 2 heterocycles. The Kier molecular flexibility index (Phi) is 5.67. The van der Waals surface area contributed by atoms with Gasteiger partial charge in [0.25, 0.3) is 0 Å². The summed E-state index contributed by atoms with van der Waals surface area (Å²) in [4.78, 5) is 18.9. The van der Waals surface area contributed by atoms with Crippen LogP contribution < -0.4 is 0 Å². The molecule has 0 N–H and O–H groups in total. The third kappa shape index (κ3) is 4.09. The van der Waals surface area contributed by atoms with Crippen molar-refractivity contribution in [2.24, 2.45) is 5.92 Å². The number of hydrogen-bond donors (Lipinski definition) is 0. The van der Waals surface area contributed by atoms with Crippen molar-refractivity contribution in [1.82, 2.24) is 9.88 Å². The monoisotopic (exact) mass is 394 g/mol. The number of thiazole rings is 1. The van der Waals surface area contributed by atoms with Crippen molar-refractivity contribution < 1.29 is 13.2 Å². The molecule has 5 nitrogen and oxygen atoms in total. The third-order valence-corrected chi connectivity index (χ3v) is 8.69. The Morgan fingerprint density at radius 3 is 2.65 bits per heavy atom. The van der Waals surface area contributed by atoms with Crippen LogP contribution >= 0.6 is 11.3 Å². The number of aromatic nitrogens is 1. The summed E-state index contributed by atoms with van der Waals surface area (Å²) in [7, 11) is -3.01. The molecule has 0 radical (unpaired) electrons. The van der Waals surface area contributed by atoms with Gasteiger partial charge >= 0.3 is 0 Å². The first-order chi connectivity index (χ1) is 12.3. The van der Waals surface area contributed by atoms with Crippen LogP contribution in [0.15, 0.2) is 17.6 Å². The highest BCUT2D eigenvalue weighted by molar-refractivity contribution is 7.91. The first-order valence-electron chi connectivity index (χ1n) is 9.09. The van der Waals surface area contributed by atoms with Gasteiger partial charge in [-0.3, -0.25) is 4.79 Å². The Hall–Kier alpha value is -1.47. The van der Waals surface area contributed by atoms with Crippen LogP contribution in [0, 0.1) is 12.8 Å². The number of rotatable bonds is 5. The van der Waals surface area contributed by atoms with Crippen LogP contribution in [0.25, 0.3) is 10.2 Å². The lowest BCUT2D eigenvalue weighted by molar-refractivity contribution is -0.131. The van der Waals surface area contributed by atoms with Crippen LogP contribution in [-0.2, 0) is 21.1 Å². The van der Waals surface area contributed by atoms with Crippen molar-refractivity contribution in [3.63, 3.8) is 0 Å². The van der Waals surface area contributed by atoms with Gasteiger partial charge in [-0.25, -0.2) is 13.4 Å². The van der Waals surface area contributed by atoms with E-state index in [9.17, 15) is 13.2 Å². The number of benzene rings is 1. The van der Waals surface area contributed by atoms with E-state index < -0.39 is 9.84 Å². The van der Waals surface area contributed by atoms with Crippen molar-refractivity contribution in [2.45, 2.75) is 45.3 Å². The van der Waals surface area contributed by atoms with Gasteiger partial charge < -0.3 is 4.90 Å². The average Bonchev–Trinajstić information content (AvgIpc) is 3.07. The predicted molar refractivity (Wildman–Crippen MR) is 106 cm³/mol. The quantitative estimate of drug-likeness (QED) is 0.781. The summed E-state index contributed by atoms with van der Waals surface area (Å²) >= 11 is 1.61. The van der Waals surface area contributed by atoms with Crippen molar-refractivity contribution in [1.29, 1.82) is 0 Å². The molecular weight excluding hydrogens is 368 g/mol. The minimum absolute atomic E-state index is 0.127. The molecule has 7 heteroatoms. The highest BCUT2D eigenvalue weighted by atomic mass is 32.2. The highest BCUT2D eigenvalue weighted by Gasteiger charge is 2.28. The van der Waals surface area contributed by atoms with Crippen molar-refractivity contribution in [2.75, 3.05) is 18.8 Å². The minimum Gasteiger partial charge on any atom is -0.342 e. The zero-order chi connectivity index (χ0) is 18.9. The van der Waals surface area contributed by atoms with Gasteiger partial charge in [-0.1, -0.05) is 6.07 Å². The van der Waals surface area contributed by atoms with Gasteiger partial charge in [0.05, 0.1) is 33.2 Å². The number of nitrogens with zero attached hydrogens (tertiary/aromatic N) is 2. The molecule has 2 aromatic rings. The molecule has 0 aliphatic carbocycles. The zero-order valence-electron chi connectivity index (χ0n) is 15.6. The number of aryl methyl sites for hydroxylation is 1. The van der Waals surface area contributed by atoms with E-state index in [4.69, 9.17) is 0 Å². The molecule has 1 aliphatic heterocycles. The zero-order valence-corrected chi connectivity index (χ0v) is 17.2. The van der Waals surface area contributed by atoms with Crippen LogP contribution in [0.4, 0.5) is 0 Å². The van der Waals surface area contributed by atoms with Gasteiger partial charge in [0.1, 0.15) is 0 Å². The van der Waals surface area contributed by atoms with Crippen LogP contribution in [0.1, 0.15) is 37.8 Å². The van der Waals surface area contributed by atoms with E-state index in [-0.39, 0.29) is 22.8 Å². The molecule has 26 heavy (non-hydrogen) atoms. The molecule has 3 rings (SSSR count). The first-order valence-corrected chi connectivity index (χ1v) is 11.7. The number of amides is 1. The fourth-order valence-electron chi connectivity index (χ4n) is 3.44. The molecule has 0 atom stereocenters. The summed E-state index contributed by atoms with van der Waals surface area (Å²) < 4.78 is 25.3. The summed E-state index contributed by atoms with van der Waals surface area (Å²) in [6.45, 7) is 6.82. The van der Waals surface area contributed by atoms with E-state index >= 15 is 0 Å². The molecule has 1 saturated heterocycles. The van der Waals surface area contributed by atoms with E-state index in [0.717, 1.165) is 34.2 Å². The average molecular weight is 395 g/mol. The molecular formula is C19H26N2O3S2. The van der Waals surface area contributed by atoms with Crippen LogP contribution in [0.3, 0.4) is 0 Å². The molecule has 1 aromatic heterocycles. The van der Waals surface area contributed by atoms with Gasteiger partial charge in [0, 0.05) is 13.1 Å². The number of fused-ring (bicyclic) bond motifs is 1. The summed E-state index contributed by atoms with van der Waals surface area (Å²) in [6, 6.07) is 3.97. The van der Waals surface area contributed by atoms with Crippen molar-refractivity contribution in [3.8, 4) is 0 Å². The van der Waals surface area contributed by atoms with Crippen molar-refractivity contribution >= 4 is 37.3 Å². The molecule has 1 amide bonds. The van der Waals surface area contributed by atoms with Crippen LogP contribution in [0.2, 0.25) is 0 Å². The second kappa shape index (κ2) is 7.64. The SMILES string of the molecule is Cc1c(CC(=O)N2CCC(CS(=O)(=O)C(C)C)CC2)ccc2ncsc12. The van der Waals surface area contributed by atoms with Gasteiger partial charge in [0.15, 0.2) is 9.84 Å². The van der Waals surface area contributed by atoms with Crippen molar-refractivity contribution in [3.05, 3.63) is 28.8 Å². The third-order valence-electron chi connectivity index (χ3n) is 5.35. The molecule has 142 valence electrons. The largest absolute Gasteiger partial charge is 0.342 e. The Morgan fingerprint density at radius 2 is 2.00 bits per heavy atom. The lowest BCUT2D eigenvalue weighted by Gasteiger charge is -2.32. The molecule has 1 aliphatic rings. The normalized spacial score (nSPS) is 16.5. The lowest BCUT2D eigenvalue weighted by atomic mass is 9.98. The molecule has 0 spiro atoms. The highest BCUT2D eigenvalue weighted by Crippen LogP contribution is 2.26. The van der Waals surface area contributed by atoms with E-state index in [2.05, 4.69) is 4.98 Å². The summed E-state index contributed by atoms with van der Waals surface area (Å²) in [5.74, 6) is 0.539. The molecule has 1 fully saturated rings. The standard InChI is InChI=1S/C19H26N2O3S2/c1-13(2)26(23,24)11-15-6-8-21(9-7-15)18(22)10-16-4-5-17-19(14(16)3)25-12-20-17/h4-5,12-13,15H,6-11H2,1-3H3. The number of likely N-dealkylation sites (tertiary alicyclic amines) is 1. The topological polar surface area (TPSA) is 67.3 Å². The van der Waals surface area contributed by atoms with E-state index in [1.54, 1.807) is 25.2 Å². The molecule has 0 unspecified atom stereocenters. The van der Waals surface area contributed by atoms with E-state index in [0.29, 0.717) is 19.5 Å². The molecule has 0 bridgehead atoms. The summed E-state index contributed by atoms with van der Waals surface area (Å²) in [6.07, 6.45) is 1.93. The minimum atomic E-state index is -3.01. The number of carbonyl (C=O) groups is 1. The van der Waals surface area contributed by atoms with Gasteiger partial charge in [0.2, 0.25) is 5.91 Å². The Bertz CT molecular complexity index is 895. The van der Waals surface area contributed by atoms with E-state index in [1.165, 1.54) is 0 Å². The number of hydrogen-bond acceptors (Lipinski definition) is 5. The summed E-state index contributed by atoms with van der Waals surface area (Å²) in [5.41, 5.74) is 5.00. The maximum atomic E-state index is 12.7. The fraction of sp³-hybridized carbons (Fsp3) is 0.579. The first kappa shape index (κ1) is 19.3. The Morgan fingerprint density at radius 1 is 1.31 bits per heavy atom. The predicted octanol–water partition coefficient (Wildman–Crippen LogP) is 3.21. The van der Waals surface area contributed by atoms with Crippen LogP contribution in [0.5, 0.6) is 0 Å².